The quantitative estimate of drug-likeness (QED) is 0.520. The Morgan fingerprint density at radius 2 is 1.89 bits per heavy atom. The second-order valence-corrected chi connectivity index (χ2v) is 7.89. The first-order chi connectivity index (χ1) is 12.8. The number of aromatic nitrogens is 1. The number of benzene rings is 1. The van der Waals surface area contributed by atoms with Crippen LogP contribution in [0.25, 0.3) is 11.8 Å². The van der Waals surface area contributed by atoms with Crippen LogP contribution < -0.4 is 0 Å². The summed E-state index contributed by atoms with van der Waals surface area (Å²) in [4.78, 5) is 37.1. The Balaban J connectivity index is 1.93. The van der Waals surface area contributed by atoms with E-state index < -0.39 is 17.1 Å². The zero-order chi connectivity index (χ0) is 19.7. The minimum atomic E-state index is -0.632. The van der Waals surface area contributed by atoms with E-state index in [9.17, 15) is 14.4 Å². The average Bonchev–Trinajstić information content (AvgIpc) is 3.06. The van der Waals surface area contributed by atoms with Crippen LogP contribution in [0.2, 0.25) is 0 Å². The van der Waals surface area contributed by atoms with E-state index in [0.717, 1.165) is 43.8 Å². The number of carbonyl (C=O) groups is 3. The molecule has 1 aliphatic heterocycles. The van der Waals surface area contributed by atoms with Gasteiger partial charge in [-0.1, -0.05) is 15.9 Å². The van der Waals surface area contributed by atoms with Crippen molar-refractivity contribution in [3.05, 3.63) is 56.7 Å². The first-order valence-electron chi connectivity index (χ1n) is 8.09. The van der Waals surface area contributed by atoms with Gasteiger partial charge in [-0.3, -0.25) is 19.3 Å². The molecule has 1 aliphatic rings. The van der Waals surface area contributed by atoms with Crippen LogP contribution in [0.5, 0.6) is 0 Å². The van der Waals surface area contributed by atoms with Gasteiger partial charge in [0.15, 0.2) is 0 Å². The van der Waals surface area contributed by atoms with Crippen molar-refractivity contribution in [1.29, 1.82) is 0 Å². The molecule has 0 spiro atoms. The molecule has 2 amide bonds. The van der Waals surface area contributed by atoms with Crippen LogP contribution in [-0.4, -0.2) is 40.2 Å². The lowest BCUT2D eigenvalue weighted by molar-refractivity contribution is -0.143. The number of carbonyl (C=O) groups excluding carboxylic acids is 3. The smallest absolute Gasteiger partial charge is 0.325 e. The molecule has 0 atom stereocenters. The first kappa shape index (κ1) is 19.4. The Morgan fingerprint density at radius 1 is 1.22 bits per heavy atom. The number of hydrogen-bond donors (Lipinski definition) is 0. The molecule has 27 heavy (non-hydrogen) atoms. The van der Waals surface area contributed by atoms with Crippen molar-refractivity contribution in [2.45, 2.75) is 13.8 Å². The van der Waals surface area contributed by atoms with E-state index >= 15 is 0 Å². The maximum atomic E-state index is 12.5. The van der Waals surface area contributed by atoms with E-state index in [2.05, 4.69) is 25.2 Å². The maximum Gasteiger partial charge on any atom is 0.325 e. The van der Waals surface area contributed by atoms with E-state index in [1.54, 1.807) is 6.08 Å². The summed E-state index contributed by atoms with van der Waals surface area (Å²) in [5.41, 5.74) is 3.81. The SMILES string of the molecule is COC(=O)CN1C(=O)S/C(=C\c2cc(C)n(-c3ccc(Br)cc3)c2C)C1=O. The summed E-state index contributed by atoms with van der Waals surface area (Å²) in [6.45, 7) is 3.56. The molecular formula is C19H17BrN2O4S. The fraction of sp³-hybridized carbons (Fsp3) is 0.211. The van der Waals surface area contributed by atoms with Crippen molar-refractivity contribution in [2.24, 2.45) is 0 Å². The summed E-state index contributed by atoms with van der Waals surface area (Å²) in [5, 5.41) is -0.474. The molecule has 2 heterocycles. The summed E-state index contributed by atoms with van der Waals surface area (Å²) >= 11 is 4.26. The van der Waals surface area contributed by atoms with Crippen LogP contribution in [0.15, 0.2) is 39.7 Å². The van der Waals surface area contributed by atoms with Crippen LogP contribution >= 0.6 is 27.7 Å². The molecule has 0 radical (unpaired) electrons. The molecule has 3 rings (SSSR count). The number of imide groups is 1. The number of halogens is 1. The van der Waals surface area contributed by atoms with E-state index in [1.807, 2.05) is 44.2 Å². The number of rotatable bonds is 4. The van der Waals surface area contributed by atoms with Gasteiger partial charge in [0.25, 0.3) is 11.1 Å². The lowest BCUT2D eigenvalue weighted by Crippen LogP contribution is -2.34. The third-order valence-corrected chi connectivity index (χ3v) is 5.67. The van der Waals surface area contributed by atoms with Gasteiger partial charge in [0.2, 0.25) is 0 Å². The summed E-state index contributed by atoms with van der Waals surface area (Å²) in [6, 6.07) is 9.89. The number of amides is 2. The molecule has 0 unspecified atom stereocenters. The Hall–Kier alpha value is -2.32. The fourth-order valence-corrected chi connectivity index (χ4v) is 3.99. The number of nitrogens with zero attached hydrogens (tertiary/aromatic N) is 2. The molecule has 0 N–H and O–H groups in total. The standard InChI is InChI=1S/C19H17BrN2O4S/c1-11-8-13(12(2)22(11)15-6-4-14(20)5-7-15)9-16-18(24)21(19(25)27-16)10-17(23)26-3/h4-9H,10H2,1-3H3/b16-9-. The lowest BCUT2D eigenvalue weighted by atomic mass is 10.2. The molecule has 0 aliphatic carbocycles. The summed E-state index contributed by atoms with van der Waals surface area (Å²) in [5.74, 6) is -1.11. The molecular weight excluding hydrogens is 432 g/mol. The van der Waals surface area contributed by atoms with Gasteiger partial charge in [-0.05, 0) is 67.6 Å². The number of esters is 1. The predicted octanol–water partition coefficient (Wildman–Crippen LogP) is 4.07. The predicted molar refractivity (Wildman–Crippen MR) is 108 cm³/mol. The van der Waals surface area contributed by atoms with Crippen molar-refractivity contribution >= 4 is 50.9 Å². The van der Waals surface area contributed by atoms with E-state index in [0.29, 0.717) is 4.91 Å². The van der Waals surface area contributed by atoms with Gasteiger partial charge in [0, 0.05) is 21.5 Å². The topological polar surface area (TPSA) is 68.6 Å². The van der Waals surface area contributed by atoms with Crippen molar-refractivity contribution in [3.8, 4) is 5.69 Å². The van der Waals surface area contributed by atoms with Gasteiger partial charge in [-0.15, -0.1) is 0 Å². The Morgan fingerprint density at radius 3 is 2.52 bits per heavy atom. The third-order valence-electron chi connectivity index (χ3n) is 4.23. The highest BCUT2D eigenvalue weighted by atomic mass is 79.9. The summed E-state index contributed by atoms with van der Waals surface area (Å²) in [6.07, 6.45) is 1.69. The third kappa shape index (κ3) is 3.86. The van der Waals surface area contributed by atoms with Gasteiger partial charge in [0.1, 0.15) is 6.54 Å². The van der Waals surface area contributed by atoms with Crippen LogP contribution in [0.1, 0.15) is 17.0 Å². The highest BCUT2D eigenvalue weighted by Gasteiger charge is 2.36. The number of hydrogen-bond acceptors (Lipinski definition) is 5. The molecule has 1 saturated heterocycles. The normalized spacial score (nSPS) is 15.7. The molecule has 0 bridgehead atoms. The molecule has 2 aromatic rings. The van der Waals surface area contributed by atoms with Gasteiger partial charge < -0.3 is 9.30 Å². The molecule has 1 aromatic carbocycles. The first-order valence-corrected chi connectivity index (χ1v) is 9.70. The monoisotopic (exact) mass is 448 g/mol. The Kier molecular flexibility index (Phi) is 5.57. The van der Waals surface area contributed by atoms with Gasteiger partial charge in [-0.2, -0.15) is 0 Å². The van der Waals surface area contributed by atoms with Gasteiger partial charge >= 0.3 is 5.97 Å². The molecule has 0 saturated carbocycles. The molecule has 1 aromatic heterocycles. The number of thioether (sulfide) groups is 1. The second-order valence-electron chi connectivity index (χ2n) is 5.98. The molecule has 1 fully saturated rings. The summed E-state index contributed by atoms with van der Waals surface area (Å²) in [7, 11) is 1.22. The van der Waals surface area contributed by atoms with Gasteiger partial charge in [0.05, 0.1) is 12.0 Å². The minimum Gasteiger partial charge on any atom is -0.468 e. The highest BCUT2D eigenvalue weighted by Crippen LogP contribution is 2.33. The average molecular weight is 449 g/mol. The van der Waals surface area contributed by atoms with E-state index in [4.69, 9.17) is 0 Å². The van der Waals surface area contributed by atoms with Crippen LogP contribution in [0.3, 0.4) is 0 Å². The minimum absolute atomic E-state index is 0.292. The van der Waals surface area contributed by atoms with Crippen molar-refractivity contribution < 1.29 is 19.1 Å². The number of aryl methyl sites for hydroxylation is 1. The Bertz CT molecular complexity index is 963. The van der Waals surface area contributed by atoms with E-state index in [1.165, 1.54) is 7.11 Å². The number of ether oxygens (including phenoxy) is 1. The van der Waals surface area contributed by atoms with Crippen LogP contribution in [0, 0.1) is 13.8 Å². The number of methoxy groups -OCH3 is 1. The second kappa shape index (κ2) is 7.74. The zero-order valence-electron chi connectivity index (χ0n) is 15.0. The lowest BCUT2D eigenvalue weighted by Gasteiger charge is -2.10. The van der Waals surface area contributed by atoms with E-state index in [-0.39, 0.29) is 6.54 Å². The largest absolute Gasteiger partial charge is 0.468 e. The van der Waals surface area contributed by atoms with Crippen molar-refractivity contribution in [3.63, 3.8) is 0 Å². The van der Waals surface area contributed by atoms with Gasteiger partial charge in [-0.25, -0.2) is 0 Å². The Labute approximate surface area is 169 Å². The molecule has 8 heteroatoms. The van der Waals surface area contributed by atoms with Crippen LogP contribution in [-0.2, 0) is 14.3 Å². The highest BCUT2D eigenvalue weighted by molar-refractivity contribution is 9.10. The van der Waals surface area contributed by atoms with Crippen molar-refractivity contribution in [1.82, 2.24) is 9.47 Å². The van der Waals surface area contributed by atoms with Crippen molar-refractivity contribution in [2.75, 3.05) is 13.7 Å². The zero-order valence-corrected chi connectivity index (χ0v) is 17.4. The van der Waals surface area contributed by atoms with Crippen LogP contribution in [0.4, 0.5) is 4.79 Å². The fourth-order valence-electron chi connectivity index (χ4n) is 2.89. The summed E-state index contributed by atoms with van der Waals surface area (Å²) < 4.78 is 7.61. The molecule has 6 nitrogen and oxygen atoms in total. The molecule has 140 valence electrons. The maximum absolute atomic E-state index is 12.5.